The van der Waals surface area contributed by atoms with Crippen LogP contribution in [0.3, 0.4) is 0 Å². The summed E-state index contributed by atoms with van der Waals surface area (Å²) < 4.78 is 8.56. The molecule has 0 aliphatic heterocycles. The summed E-state index contributed by atoms with van der Waals surface area (Å²) in [6, 6.07) is 69.1. The molecule has 0 spiro atoms. The first-order valence-corrected chi connectivity index (χ1v) is 17.3. The highest BCUT2D eigenvalue weighted by Crippen LogP contribution is 2.38. The zero-order chi connectivity index (χ0) is 33.7. The first-order chi connectivity index (χ1) is 25.3. The van der Waals surface area contributed by atoms with Gasteiger partial charge in [-0.1, -0.05) is 115 Å². The first-order valence-electron chi connectivity index (χ1n) is 17.3. The number of para-hydroxylation sites is 4. The molecule has 0 amide bonds. The maximum atomic E-state index is 6.18. The lowest BCUT2D eigenvalue weighted by Crippen LogP contribution is -2.09. The van der Waals surface area contributed by atoms with E-state index in [0.29, 0.717) is 0 Å². The summed E-state index contributed by atoms with van der Waals surface area (Å²) in [5.74, 6) is 0. The number of nitrogens with zero attached hydrogens (tertiary/aromatic N) is 2. The fraction of sp³-hybridized carbons (Fsp3) is 0. The van der Waals surface area contributed by atoms with Gasteiger partial charge in [-0.2, -0.15) is 0 Å². The summed E-state index contributed by atoms with van der Waals surface area (Å²) in [6.07, 6.45) is 0. The molecule has 0 unspecified atom stereocenters. The molecule has 0 bridgehead atoms. The van der Waals surface area contributed by atoms with Crippen LogP contribution in [0.2, 0.25) is 0 Å². The van der Waals surface area contributed by atoms with Gasteiger partial charge in [-0.05, 0) is 101 Å². The van der Waals surface area contributed by atoms with Crippen molar-refractivity contribution in [3.05, 3.63) is 194 Å². The third-order valence-electron chi connectivity index (χ3n) is 10.00. The third-order valence-corrected chi connectivity index (χ3v) is 10.00. The molecule has 0 saturated heterocycles. The first kappa shape index (κ1) is 29.1. The van der Waals surface area contributed by atoms with Crippen molar-refractivity contribution in [3.8, 4) is 27.9 Å². The van der Waals surface area contributed by atoms with E-state index in [2.05, 4.69) is 191 Å². The van der Waals surface area contributed by atoms with Crippen molar-refractivity contribution < 1.29 is 4.42 Å². The van der Waals surface area contributed by atoms with E-state index in [9.17, 15) is 0 Å². The number of aromatic nitrogens is 1. The fourth-order valence-corrected chi connectivity index (χ4v) is 7.56. The number of furan rings is 1. The lowest BCUT2D eigenvalue weighted by atomic mass is 10.0. The lowest BCUT2D eigenvalue weighted by Gasteiger charge is -2.26. The Kier molecular flexibility index (Phi) is 6.81. The second-order valence-electron chi connectivity index (χ2n) is 13.0. The zero-order valence-electron chi connectivity index (χ0n) is 27.8. The summed E-state index contributed by atoms with van der Waals surface area (Å²) in [6.45, 7) is 0. The van der Waals surface area contributed by atoms with Gasteiger partial charge in [0.25, 0.3) is 0 Å². The van der Waals surface area contributed by atoms with Crippen LogP contribution >= 0.6 is 0 Å². The monoisotopic (exact) mass is 652 g/mol. The largest absolute Gasteiger partial charge is 0.456 e. The summed E-state index contributed by atoms with van der Waals surface area (Å²) in [5, 5.41) is 4.83. The van der Waals surface area contributed by atoms with Gasteiger partial charge in [-0.3, -0.25) is 0 Å². The van der Waals surface area contributed by atoms with Gasteiger partial charge in [-0.25, -0.2) is 0 Å². The summed E-state index contributed by atoms with van der Waals surface area (Å²) in [4.78, 5) is 2.31. The molecule has 2 aromatic heterocycles. The van der Waals surface area contributed by atoms with E-state index in [4.69, 9.17) is 4.42 Å². The molecule has 8 aromatic carbocycles. The molecular formula is C48H32N2O. The van der Waals surface area contributed by atoms with Crippen LogP contribution in [0.5, 0.6) is 0 Å². The minimum absolute atomic E-state index is 0.907. The standard InChI is InChI=1S/C48H32N2O/c1-2-12-37(13-3-1)49(39-28-23-34(24-29-39)36-25-30-44-43-17-6-9-20-47(43)51-48(44)32-36)38-26-21-33(22-27-38)35-11-10-14-40(31-35)50-45-18-7-4-15-41(45)42-16-5-8-19-46(42)50/h1-32H. The number of rotatable bonds is 6. The maximum absolute atomic E-state index is 6.18. The Hall–Kier alpha value is -6.84. The topological polar surface area (TPSA) is 21.3 Å². The van der Waals surface area contributed by atoms with Crippen LogP contribution in [0.25, 0.3) is 71.7 Å². The van der Waals surface area contributed by atoms with Gasteiger partial charge in [0.2, 0.25) is 0 Å². The number of anilines is 3. The Bertz CT molecular complexity index is 2790. The van der Waals surface area contributed by atoms with Crippen molar-refractivity contribution >= 4 is 60.8 Å². The molecule has 0 N–H and O–H groups in total. The lowest BCUT2D eigenvalue weighted by molar-refractivity contribution is 0.669. The van der Waals surface area contributed by atoms with E-state index < -0.39 is 0 Å². The van der Waals surface area contributed by atoms with Gasteiger partial charge in [-0.15, -0.1) is 0 Å². The van der Waals surface area contributed by atoms with Gasteiger partial charge >= 0.3 is 0 Å². The molecule has 0 fully saturated rings. The highest BCUT2D eigenvalue weighted by Gasteiger charge is 2.15. The second kappa shape index (κ2) is 11.9. The number of fused-ring (bicyclic) bond motifs is 6. The maximum Gasteiger partial charge on any atom is 0.136 e. The summed E-state index contributed by atoms with van der Waals surface area (Å²) in [7, 11) is 0. The van der Waals surface area contributed by atoms with Crippen LogP contribution in [-0.2, 0) is 0 Å². The zero-order valence-corrected chi connectivity index (χ0v) is 27.8. The molecule has 0 radical (unpaired) electrons. The van der Waals surface area contributed by atoms with Crippen LogP contribution in [0.1, 0.15) is 0 Å². The van der Waals surface area contributed by atoms with Gasteiger partial charge in [0, 0.05) is 44.3 Å². The van der Waals surface area contributed by atoms with Gasteiger partial charge in [0.05, 0.1) is 11.0 Å². The average molecular weight is 653 g/mol. The molecule has 10 rings (SSSR count). The van der Waals surface area contributed by atoms with Crippen LogP contribution in [0, 0.1) is 0 Å². The molecule has 3 heteroatoms. The minimum atomic E-state index is 0.907. The molecular weight excluding hydrogens is 621 g/mol. The van der Waals surface area contributed by atoms with E-state index in [-0.39, 0.29) is 0 Å². The van der Waals surface area contributed by atoms with Crippen molar-refractivity contribution in [1.82, 2.24) is 4.57 Å². The number of benzene rings is 8. The molecule has 2 heterocycles. The van der Waals surface area contributed by atoms with E-state index in [0.717, 1.165) is 55.8 Å². The molecule has 0 atom stereocenters. The van der Waals surface area contributed by atoms with Crippen molar-refractivity contribution in [2.45, 2.75) is 0 Å². The fourth-order valence-electron chi connectivity index (χ4n) is 7.56. The Labute approximate surface area is 295 Å². The molecule has 0 aliphatic rings. The van der Waals surface area contributed by atoms with Crippen molar-refractivity contribution in [2.75, 3.05) is 4.90 Å². The molecule has 51 heavy (non-hydrogen) atoms. The van der Waals surface area contributed by atoms with Crippen molar-refractivity contribution in [1.29, 1.82) is 0 Å². The van der Waals surface area contributed by atoms with E-state index in [1.807, 2.05) is 12.1 Å². The predicted molar refractivity (Wildman–Crippen MR) is 214 cm³/mol. The SMILES string of the molecule is c1ccc(N(c2ccc(-c3cccc(-n4c5ccccc5c5ccccc54)c3)cc2)c2ccc(-c3ccc4c(c3)oc3ccccc34)cc2)cc1. The second-order valence-corrected chi connectivity index (χ2v) is 13.0. The highest BCUT2D eigenvalue weighted by molar-refractivity contribution is 6.09. The highest BCUT2D eigenvalue weighted by atomic mass is 16.3. The normalized spacial score (nSPS) is 11.5. The average Bonchev–Trinajstić information content (AvgIpc) is 3.74. The molecule has 240 valence electrons. The Balaban J connectivity index is 0.992. The van der Waals surface area contributed by atoms with Crippen LogP contribution in [-0.4, -0.2) is 4.57 Å². The van der Waals surface area contributed by atoms with Crippen LogP contribution < -0.4 is 4.90 Å². The Morgan fingerprint density at radius 2 is 0.843 bits per heavy atom. The van der Waals surface area contributed by atoms with E-state index >= 15 is 0 Å². The molecule has 10 aromatic rings. The number of hydrogen-bond acceptors (Lipinski definition) is 2. The molecule has 3 nitrogen and oxygen atoms in total. The van der Waals surface area contributed by atoms with Crippen LogP contribution in [0.4, 0.5) is 17.1 Å². The summed E-state index contributed by atoms with van der Waals surface area (Å²) >= 11 is 0. The summed E-state index contributed by atoms with van der Waals surface area (Å²) in [5.41, 5.74) is 13.3. The Morgan fingerprint density at radius 1 is 0.333 bits per heavy atom. The van der Waals surface area contributed by atoms with Gasteiger partial charge in [0.15, 0.2) is 0 Å². The van der Waals surface area contributed by atoms with E-state index in [1.165, 1.54) is 32.9 Å². The van der Waals surface area contributed by atoms with Gasteiger partial charge in [0.1, 0.15) is 11.2 Å². The molecule has 0 saturated carbocycles. The van der Waals surface area contributed by atoms with Gasteiger partial charge < -0.3 is 13.9 Å². The minimum Gasteiger partial charge on any atom is -0.456 e. The predicted octanol–water partition coefficient (Wildman–Crippen LogP) is 13.5. The smallest absolute Gasteiger partial charge is 0.136 e. The Morgan fingerprint density at radius 3 is 1.51 bits per heavy atom. The molecule has 0 aliphatic carbocycles. The van der Waals surface area contributed by atoms with Crippen molar-refractivity contribution in [2.24, 2.45) is 0 Å². The van der Waals surface area contributed by atoms with Crippen LogP contribution in [0.15, 0.2) is 199 Å². The quantitative estimate of drug-likeness (QED) is 0.178. The number of hydrogen-bond donors (Lipinski definition) is 0. The van der Waals surface area contributed by atoms with E-state index in [1.54, 1.807) is 0 Å². The van der Waals surface area contributed by atoms with Crippen molar-refractivity contribution in [3.63, 3.8) is 0 Å². The third kappa shape index (κ3) is 4.98.